The molecule has 0 aliphatic heterocycles. The van der Waals surface area contributed by atoms with Crippen LogP contribution in [0, 0.1) is 21.4 Å². The highest BCUT2D eigenvalue weighted by Crippen LogP contribution is 2.30. The van der Waals surface area contributed by atoms with E-state index in [1.54, 1.807) is 30.3 Å². The highest BCUT2D eigenvalue weighted by atomic mass is 79.9. The van der Waals surface area contributed by atoms with E-state index in [0.717, 1.165) is 10.8 Å². The SMILES string of the molecule is N#CC(=Cc1cc(Br)ccc1OC(=O)c1cccc2ccccc12)C(=O)Nc1ccc([N+](=O)[O-])cc1Br. The van der Waals surface area contributed by atoms with Crippen molar-refractivity contribution in [2.45, 2.75) is 0 Å². The van der Waals surface area contributed by atoms with E-state index < -0.39 is 16.8 Å². The van der Waals surface area contributed by atoms with Crippen LogP contribution < -0.4 is 10.1 Å². The third kappa shape index (κ3) is 5.91. The van der Waals surface area contributed by atoms with E-state index in [2.05, 4.69) is 37.2 Å². The Bertz CT molecular complexity index is 1640. The zero-order valence-electron chi connectivity index (χ0n) is 18.8. The molecule has 1 amide bonds. The molecule has 0 fully saturated rings. The van der Waals surface area contributed by atoms with E-state index in [0.29, 0.717) is 15.6 Å². The molecule has 0 bridgehead atoms. The first-order valence-electron chi connectivity index (χ1n) is 10.6. The van der Waals surface area contributed by atoms with Gasteiger partial charge in [-0.25, -0.2) is 4.79 Å². The molecule has 0 aliphatic rings. The van der Waals surface area contributed by atoms with Crippen molar-refractivity contribution in [3.8, 4) is 11.8 Å². The molecule has 0 unspecified atom stereocenters. The van der Waals surface area contributed by atoms with E-state index >= 15 is 0 Å². The van der Waals surface area contributed by atoms with Gasteiger partial charge >= 0.3 is 5.97 Å². The van der Waals surface area contributed by atoms with Crippen molar-refractivity contribution in [3.63, 3.8) is 0 Å². The summed E-state index contributed by atoms with van der Waals surface area (Å²) in [4.78, 5) is 36.3. The van der Waals surface area contributed by atoms with Crippen molar-refractivity contribution >= 4 is 72.0 Å². The van der Waals surface area contributed by atoms with Crippen LogP contribution in [0.2, 0.25) is 0 Å². The van der Waals surface area contributed by atoms with Gasteiger partial charge in [0.15, 0.2) is 0 Å². The fraction of sp³-hybridized carbons (Fsp3) is 0. The Morgan fingerprint density at radius 1 is 1.00 bits per heavy atom. The van der Waals surface area contributed by atoms with E-state index in [9.17, 15) is 25.0 Å². The lowest BCUT2D eigenvalue weighted by molar-refractivity contribution is -0.384. The maximum atomic E-state index is 13.1. The Balaban J connectivity index is 1.63. The maximum absolute atomic E-state index is 13.1. The number of anilines is 1. The fourth-order valence-corrected chi connectivity index (χ4v) is 4.34. The van der Waals surface area contributed by atoms with Crippen LogP contribution in [0.1, 0.15) is 15.9 Å². The van der Waals surface area contributed by atoms with Gasteiger partial charge < -0.3 is 10.1 Å². The maximum Gasteiger partial charge on any atom is 0.344 e. The zero-order valence-corrected chi connectivity index (χ0v) is 21.9. The third-order valence-corrected chi connectivity index (χ3v) is 6.41. The number of ether oxygens (including phenoxy) is 1. The fourth-order valence-electron chi connectivity index (χ4n) is 3.50. The molecule has 0 aliphatic carbocycles. The van der Waals surface area contributed by atoms with Crippen molar-refractivity contribution < 1.29 is 19.2 Å². The number of nitrogens with one attached hydrogen (secondary N) is 1. The number of benzene rings is 4. The van der Waals surface area contributed by atoms with Crippen LogP contribution in [0.4, 0.5) is 11.4 Å². The topological polar surface area (TPSA) is 122 Å². The second-order valence-corrected chi connectivity index (χ2v) is 9.41. The Morgan fingerprint density at radius 2 is 1.76 bits per heavy atom. The number of halogens is 2. The Labute approximate surface area is 227 Å². The number of hydrogen-bond donors (Lipinski definition) is 1. The van der Waals surface area contributed by atoms with Gasteiger partial charge in [-0.1, -0.05) is 52.3 Å². The number of rotatable bonds is 6. The van der Waals surface area contributed by atoms with Crippen LogP contribution in [0.3, 0.4) is 0 Å². The molecule has 37 heavy (non-hydrogen) atoms. The van der Waals surface area contributed by atoms with Gasteiger partial charge in [0.2, 0.25) is 0 Å². The molecule has 0 aromatic heterocycles. The summed E-state index contributed by atoms with van der Waals surface area (Å²) in [5.41, 5.74) is 0.502. The van der Waals surface area contributed by atoms with Gasteiger partial charge in [0, 0.05) is 26.6 Å². The molecule has 4 aromatic carbocycles. The van der Waals surface area contributed by atoms with Crippen molar-refractivity contribution in [1.29, 1.82) is 5.26 Å². The largest absolute Gasteiger partial charge is 0.422 e. The number of nitro benzene ring substituents is 1. The number of nitrogens with zero attached hydrogens (tertiary/aromatic N) is 2. The summed E-state index contributed by atoms with van der Waals surface area (Å²) in [7, 11) is 0. The minimum Gasteiger partial charge on any atom is -0.422 e. The molecule has 182 valence electrons. The minimum absolute atomic E-state index is 0.151. The van der Waals surface area contributed by atoms with Gasteiger partial charge in [-0.05, 0) is 63.1 Å². The summed E-state index contributed by atoms with van der Waals surface area (Å²) in [5.74, 6) is -1.19. The number of esters is 1. The van der Waals surface area contributed by atoms with Crippen LogP contribution in [0.25, 0.3) is 16.8 Å². The van der Waals surface area contributed by atoms with Crippen LogP contribution in [0.5, 0.6) is 5.75 Å². The molecule has 4 rings (SSSR count). The summed E-state index contributed by atoms with van der Waals surface area (Å²) in [5, 5.41) is 24.8. The van der Waals surface area contributed by atoms with Crippen molar-refractivity contribution in [1.82, 2.24) is 0 Å². The predicted molar refractivity (Wildman–Crippen MR) is 146 cm³/mol. The number of amides is 1. The van der Waals surface area contributed by atoms with Crippen molar-refractivity contribution in [2.24, 2.45) is 0 Å². The van der Waals surface area contributed by atoms with Gasteiger partial charge in [0.25, 0.3) is 11.6 Å². The molecule has 0 radical (unpaired) electrons. The molecule has 8 nitrogen and oxygen atoms in total. The number of carbonyl (C=O) groups is 2. The smallest absolute Gasteiger partial charge is 0.344 e. The monoisotopic (exact) mass is 619 g/mol. The number of nitriles is 1. The Hall–Kier alpha value is -4.33. The van der Waals surface area contributed by atoms with Crippen LogP contribution >= 0.6 is 31.9 Å². The first-order chi connectivity index (χ1) is 17.8. The second kappa shape index (κ2) is 11.2. The average Bonchev–Trinajstić information content (AvgIpc) is 2.89. The van der Waals surface area contributed by atoms with Crippen LogP contribution in [0.15, 0.2) is 93.4 Å². The average molecular weight is 621 g/mol. The molecule has 0 atom stereocenters. The first-order valence-corrected chi connectivity index (χ1v) is 12.2. The van der Waals surface area contributed by atoms with Crippen LogP contribution in [-0.2, 0) is 4.79 Å². The third-order valence-electron chi connectivity index (χ3n) is 5.26. The molecule has 0 heterocycles. The number of carbonyl (C=O) groups excluding carboxylic acids is 2. The molecule has 4 aromatic rings. The summed E-state index contributed by atoms with van der Waals surface area (Å²) < 4.78 is 6.59. The standard InChI is InChI=1S/C27H15Br2N3O5/c28-19-8-11-25(37-27(34)22-7-3-5-16-4-1-2-6-21(16)22)17(13-19)12-18(15-30)26(33)31-24-10-9-20(32(35)36)14-23(24)29/h1-14H,(H,31,33). The van der Waals surface area contributed by atoms with Gasteiger partial charge in [0.05, 0.1) is 16.2 Å². The van der Waals surface area contributed by atoms with Gasteiger partial charge in [-0.15, -0.1) is 0 Å². The molecular formula is C27H15Br2N3O5. The minimum atomic E-state index is -0.747. The summed E-state index contributed by atoms with van der Waals surface area (Å²) >= 11 is 6.54. The van der Waals surface area contributed by atoms with E-state index in [1.165, 1.54) is 24.3 Å². The normalized spacial score (nSPS) is 11.0. The molecule has 1 N–H and O–H groups in total. The molecule has 10 heteroatoms. The number of fused-ring (bicyclic) bond motifs is 1. The number of hydrogen-bond acceptors (Lipinski definition) is 6. The van der Waals surface area contributed by atoms with Crippen molar-refractivity contribution in [3.05, 3.63) is 115 Å². The molecular weight excluding hydrogens is 606 g/mol. The quantitative estimate of drug-likeness (QED) is 0.0616. The number of nitro groups is 1. The lowest BCUT2D eigenvalue weighted by atomic mass is 10.0. The summed E-state index contributed by atoms with van der Waals surface area (Å²) in [6.07, 6.45) is 1.30. The zero-order chi connectivity index (χ0) is 26.5. The van der Waals surface area contributed by atoms with Crippen LogP contribution in [-0.4, -0.2) is 16.8 Å². The van der Waals surface area contributed by atoms with E-state index in [-0.39, 0.29) is 27.2 Å². The molecule has 0 saturated heterocycles. The van der Waals surface area contributed by atoms with Gasteiger partial charge in [-0.3, -0.25) is 14.9 Å². The van der Waals surface area contributed by atoms with Gasteiger partial charge in [0.1, 0.15) is 17.4 Å². The highest BCUT2D eigenvalue weighted by Gasteiger charge is 2.18. The van der Waals surface area contributed by atoms with E-state index in [4.69, 9.17) is 4.74 Å². The number of non-ortho nitro benzene ring substituents is 1. The Kier molecular flexibility index (Phi) is 7.77. The molecule has 0 spiro atoms. The van der Waals surface area contributed by atoms with Gasteiger partial charge in [-0.2, -0.15) is 5.26 Å². The Morgan fingerprint density at radius 3 is 2.49 bits per heavy atom. The lowest BCUT2D eigenvalue weighted by Gasteiger charge is -2.11. The first kappa shape index (κ1) is 25.8. The summed E-state index contributed by atoms with van der Waals surface area (Å²) in [6.45, 7) is 0. The molecule has 0 saturated carbocycles. The summed E-state index contributed by atoms with van der Waals surface area (Å²) in [6, 6.07) is 23.2. The van der Waals surface area contributed by atoms with Crippen molar-refractivity contribution in [2.75, 3.05) is 5.32 Å². The second-order valence-electron chi connectivity index (χ2n) is 7.64. The lowest BCUT2D eigenvalue weighted by Crippen LogP contribution is -2.14. The highest BCUT2D eigenvalue weighted by molar-refractivity contribution is 9.10. The van der Waals surface area contributed by atoms with E-state index in [1.807, 2.05) is 36.4 Å². The predicted octanol–water partition coefficient (Wildman–Crippen LogP) is 7.04.